The van der Waals surface area contributed by atoms with Crippen molar-refractivity contribution in [3.63, 3.8) is 0 Å². The van der Waals surface area contributed by atoms with E-state index in [2.05, 4.69) is 58.7 Å². The quantitative estimate of drug-likeness (QED) is 0.348. The van der Waals surface area contributed by atoms with Crippen LogP contribution in [0.3, 0.4) is 0 Å². The van der Waals surface area contributed by atoms with E-state index in [-0.39, 0.29) is 24.0 Å². The Balaban J connectivity index is 1.35. The van der Waals surface area contributed by atoms with Crippen molar-refractivity contribution < 1.29 is 4.74 Å². The summed E-state index contributed by atoms with van der Waals surface area (Å²) in [7, 11) is 1.78. The van der Waals surface area contributed by atoms with Crippen LogP contribution >= 0.6 is 11.3 Å². The van der Waals surface area contributed by atoms with E-state index in [1.807, 2.05) is 16.4 Å². The molecular formula is C28H37N7O2S. The average Bonchev–Trinajstić information content (AvgIpc) is 3.62. The summed E-state index contributed by atoms with van der Waals surface area (Å²) in [6.45, 7) is 9.25. The van der Waals surface area contributed by atoms with Gasteiger partial charge in [0.05, 0.1) is 27.4 Å². The lowest BCUT2D eigenvalue weighted by atomic mass is 9.97. The van der Waals surface area contributed by atoms with Gasteiger partial charge >= 0.3 is 5.69 Å². The first-order valence-electron chi connectivity index (χ1n) is 13.9. The minimum absolute atomic E-state index is 0.0851. The second-order valence-corrected chi connectivity index (χ2v) is 11.6. The fourth-order valence-electron chi connectivity index (χ4n) is 6.13. The topological polar surface area (TPSA) is 81.3 Å². The highest BCUT2D eigenvalue weighted by molar-refractivity contribution is 7.16. The molecule has 4 atom stereocenters. The van der Waals surface area contributed by atoms with Gasteiger partial charge < -0.3 is 9.64 Å². The van der Waals surface area contributed by atoms with Gasteiger partial charge in [0, 0.05) is 44.9 Å². The number of thiazole rings is 1. The molecule has 202 valence electrons. The maximum absolute atomic E-state index is 13.0. The van der Waals surface area contributed by atoms with Crippen LogP contribution in [0.4, 0.5) is 5.82 Å². The number of fused-ring (bicyclic) bond motifs is 2. The van der Waals surface area contributed by atoms with Crippen molar-refractivity contribution in [2.24, 2.45) is 7.05 Å². The number of benzene rings is 1. The summed E-state index contributed by atoms with van der Waals surface area (Å²) in [5.74, 6) is 0.710. The van der Waals surface area contributed by atoms with Gasteiger partial charge in [0.15, 0.2) is 11.3 Å². The highest BCUT2D eigenvalue weighted by Gasteiger charge is 2.37. The first kappa shape index (κ1) is 25.5. The molecule has 0 aliphatic carbocycles. The fraction of sp³-hybridized carbons (Fsp3) is 0.571. The third-order valence-corrected chi connectivity index (χ3v) is 9.31. The molecule has 0 bridgehead atoms. The highest BCUT2D eigenvalue weighted by Crippen LogP contribution is 2.35. The van der Waals surface area contributed by atoms with Gasteiger partial charge in [0.25, 0.3) is 0 Å². The molecule has 5 heterocycles. The maximum Gasteiger partial charge on any atom is 0.349 e. The minimum Gasteiger partial charge on any atom is -0.357 e. The standard InChI is InChI=1S/C28H37N7O2S/c1-5-20-15-34(21(6-2)14-33(20)18(3)19-10-11-22-24(13-19)38-17-29-22)27-26-23(32(4)28(36)30-27)16-35(31-26)25-9-7-8-12-37-25/h10-11,13,16-18,20-21,25H,5-9,12,14-15H2,1-4H3/t18?,20-,21+,25?/m1/s1. The van der Waals surface area contributed by atoms with Crippen LogP contribution in [-0.2, 0) is 11.8 Å². The van der Waals surface area contributed by atoms with Crippen LogP contribution in [0.1, 0.15) is 70.7 Å². The molecule has 6 rings (SSSR count). The molecule has 10 heteroatoms. The molecule has 9 nitrogen and oxygen atoms in total. The smallest absolute Gasteiger partial charge is 0.349 e. The summed E-state index contributed by atoms with van der Waals surface area (Å²) in [5.41, 5.74) is 5.65. The lowest BCUT2D eigenvalue weighted by Gasteiger charge is -2.49. The van der Waals surface area contributed by atoms with Crippen LogP contribution in [0, 0.1) is 0 Å². The van der Waals surface area contributed by atoms with Gasteiger partial charge in [-0.3, -0.25) is 9.47 Å². The van der Waals surface area contributed by atoms with Crippen molar-refractivity contribution in [3.05, 3.63) is 46.0 Å². The summed E-state index contributed by atoms with van der Waals surface area (Å²) in [6.07, 6.45) is 6.99. The molecule has 0 spiro atoms. The van der Waals surface area contributed by atoms with Gasteiger partial charge in [-0.1, -0.05) is 19.9 Å². The Bertz CT molecular complexity index is 1490. The van der Waals surface area contributed by atoms with Crippen molar-refractivity contribution in [1.82, 2.24) is 29.2 Å². The monoisotopic (exact) mass is 535 g/mol. The molecule has 0 N–H and O–H groups in total. The van der Waals surface area contributed by atoms with E-state index in [1.165, 1.54) is 10.3 Å². The Kier molecular flexibility index (Phi) is 6.96. The summed E-state index contributed by atoms with van der Waals surface area (Å²) < 4.78 is 10.7. The van der Waals surface area contributed by atoms with Gasteiger partial charge in [-0.2, -0.15) is 10.1 Å². The lowest BCUT2D eigenvalue weighted by Crippen LogP contribution is -2.59. The number of hydrogen-bond donors (Lipinski definition) is 0. The van der Waals surface area contributed by atoms with Crippen molar-refractivity contribution in [1.29, 1.82) is 0 Å². The van der Waals surface area contributed by atoms with E-state index >= 15 is 0 Å². The molecule has 2 aliphatic rings. The SMILES string of the molecule is CC[C@H]1CN(C(C)c2ccc3ncsc3c2)[C@H](CC)CN1c1nc(=O)n(C)c2cn(C3CCCCO3)nc12. The largest absolute Gasteiger partial charge is 0.357 e. The van der Waals surface area contributed by atoms with Gasteiger partial charge in [-0.25, -0.2) is 14.5 Å². The lowest BCUT2D eigenvalue weighted by molar-refractivity contribution is -0.0390. The van der Waals surface area contributed by atoms with E-state index in [9.17, 15) is 4.79 Å². The molecule has 3 aromatic heterocycles. The Morgan fingerprint density at radius 2 is 2.00 bits per heavy atom. The van der Waals surface area contributed by atoms with Gasteiger partial charge in [-0.05, 0) is 56.7 Å². The van der Waals surface area contributed by atoms with E-state index in [4.69, 9.17) is 9.84 Å². The molecule has 4 aromatic rings. The van der Waals surface area contributed by atoms with Gasteiger partial charge in [0.2, 0.25) is 0 Å². The molecule has 0 amide bonds. The number of ether oxygens (including phenoxy) is 1. The highest BCUT2D eigenvalue weighted by atomic mass is 32.1. The van der Waals surface area contributed by atoms with E-state index in [0.717, 1.165) is 68.4 Å². The van der Waals surface area contributed by atoms with Crippen LogP contribution in [-0.4, -0.2) is 61.0 Å². The van der Waals surface area contributed by atoms with E-state index < -0.39 is 0 Å². The number of rotatable bonds is 6. The third kappa shape index (κ3) is 4.42. The summed E-state index contributed by atoms with van der Waals surface area (Å²) in [5, 5.41) is 4.97. The molecule has 2 saturated heterocycles. The molecule has 2 aliphatic heterocycles. The predicted octanol–water partition coefficient (Wildman–Crippen LogP) is 4.88. The number of piperazine rings is 1. The Morgan fingerprint density at radius 3 is 2.76 bits per heavy atom. The number of nitrogens with zero attached hydrogens (tertiary/aromatic N) is 7. The number of anilines is 1. The summed E-state index contributed by atoms with van der Waals surface area (Å²) in [4.78, 5) is 27.1. The van der Waals surface area contributed by atoms with Gasteiger partial charge in [0.1, 0.15) is 6.23 Å². The third-order valence-electron chi connectivity index (χ3n) is 8.51. The predicted molar refractivity (Wildman–Crippen MR) is 152 cm³/mol. The average molecular weight is 536 g/mol. The molecule has 2 fully saturated rings. The zero-order valence-electron chi connectivity index (χ0n) is 22.7. The number of aryl methyl sites for hydroxylation is 1. The molecular weight excluding hydrogens is 498 g/mol. The molecule has 2 unspecified atom stereocenters. The minimum atomic E-state index is -0.242. The Morgan fingerprint density at radius 1 is 1.16 bits per heavy atom. The first-order valence-corrected chi connectivity index (χ1v) is 14.8. The van der Waals surface area contributed by atoms with Gasteiger partial charge in [-0.15, -0.1) is 11.3 Å². The summed E-state index contributed by atoms with van der Waals surface area (Å²) >= 11 is 1.69. The molecule has 1 aromatic carbocycles. The molecule has 0 saturated carbocycles. The molecule has 38 heavy (non-hydrogen) atoms. The zero-order chi connectivity index (χ0) is 26.4. The van der Waals surface area contributed by atoms with Crippen molar-refractivity contribution in [2.75, 3.05) is 24.6 Å². The zero-order valence-corrected chi connectivity index (χ0v) is 23.5. The Hall–Kier alpha value is -2.82. The van der Waals surface area contributed by atoms with Crippen LogP contribution in [0.5, 0.6) is 0 Å². The van der Waals surface area contributed by atoms with Crippen molar-refractivity contribution in [2.45, 2.75) is 77.2 Å². The van der Waals surface area contributed by atoms with Crippen LogP contribution in [0.15, 0.2) is 34.7 Å². The Labute approximate surface area is 227 Å². The first-order chi connectivity index (χ1) is 18.5. The van der Waals surface area contributed by atoms with Crippen molar-refractivity contribution >= 4 is 38.4 Å². The normalized spacial score (nSPS) is 23.9. The van der Waals surface area contributed by atoms with Crippen molar-refractivity contribution in [3.8, 4) is 0 Å². The second kappa shape index (κ2) is 10.4. The van der Waals surface area contributed by atoms with Crippen LogP contribution < -0.4 is 10.6 Å². The van der Waals surface area contributed by atoms with Crippen LogP contribution in [0.25, 0.3) is 21.3 Å². The number of aromatic nitrogens is 5. The summed E-state index contributed by atoms with van der Waals surface area (Å²) in [6, 6.07) is 7.49. The number of hydrogen-bond acceptors (Lipinski definition) is 8. The molecule has 0 radical (unpaired) electrons. The fourth-order valence-corrected chi connectivity index (χ4v) is 6.86. The van der Waals surface area contributed by atoms with E-state index in [1.54, 1.807) is 23.0 Å². The van der Waals surface area contributed by atoms with Crippen LogP contribution in [0.2, 0.25) is 0 Å². The maximum atomic E-state index is 13.0. The van der Waals surface area contributed by atoms with E-state index in [0.29, 0.717) is 11.9 Å². The second-order valence-electron chi connectivity index (χ2n) is 10.7.